The van der Waals surface area contributed by atoms with E-state index >= 15 is 0 Å². The summed E-state index contributed by atoms with van der Waals surface area (Å²) < 4.78 is 38.8. The second-order valence-corrected chi connectivity index (χ2v) is 0.429. The molecule has 7 heavy (non-hydrogen) atoms. The fourth-order valence-corrected chi connectivity index (χ4v) is 0. The Morgan fingerprint density at radius 1 is 0.857 bits per heavy atom. The van der Waals surface area contributed by atoms with E-state index in [4.69, 9.17) is 0 Å². The van der Waals surface area contributed by atoms with Crippen LogP contribution in [-0.4, -0.2) is 11.9 Å². The van der Waals surface area contributed by atoms with Gasteiger partial charge in [0.05, 0.1) is 0 Å². The molecule has 1 nitrogen and oxygen atoms in total. The van der Waals surface area contributed by atoms with Crippen molar-refractivity contribution in [3.63, 3.8) is 0 Å². The van der Waals surface area contributed by atoms with Crippen molar-refractivity contribution in [3.05, 3.63) is 0 Å². The molecule has 2 N–H and O–H groups in total. The first-order valence-electron chi connectivity index (χ1n) is 0.756. The minimum absolute atomic E-state index is 0. The molecule has 0 unspecified atom stereocenters. The van der Waals surface area contributed by atoms with Gasteiger partial charge in [-0.15, -0.1) is 17.6 Å². The average Bonchev–Trinajstić information content (AvgIpc) is 0.722. The van der Waals surface area contributed by atoms with Crippen molar-refractivity contribution in [2.45, 2.75) is 13.9 Å². The lowest BCUT2D eigenvalue weighted by Crippen LogP contribution is -1.92. The topological polar surface area (TPSA) is 31.5 Å². The third-order valence-electron chi connectivity index (χ3n) is 0. The molecule has 0 spiro atoms. The highest BCUT2D eigenvalue weighted by Crippen LogP contribution is 2.13. The monoisotopic (exact) mass is 122 g/mol. The van der Waals surface area contributed by atoms with Gasteiger partial charge in [-0.2, -0.15) is 0 Å². The molecule has 5 heteroatoms. The van der Waals surface area contributed by atoms with E-state index in [1.807, 2.05) is 0 Å². The summed E-state index contributed by atoms with van der Waals surface area (Å²) in [5, 5.41) is 0. The lowest BCUT2D eigenvalue weighted by Gasteiger charge is -1.82. The van der Waals surface area contributed by atoms with Crippen molar-refractivity contribution >= 4 is 0 Å². The summed E-state index contributed by atoms with van der Waals surface area (Å²) >= 11 is 0. The molecule has 0 radical (unpaired) electrons. The Bertz CT molecular complexity index is 25.2. The van der Waals surface area contributed by atoms with E-state index in [0.29, 0.717) is 0 Å². The van der Waals surface area contributed by atoms with Crippen LogP contribution in [0, 0.1) is 0 Å². The summed E-state index contributed by atoms with van der Waals surface area (Å²) in [6.07, 6.45) is -5.50. The van der Waals surface area contributed by atoms with Crippen LogP contribution in [0.4, 0.5) is 17.6 Å². The Morgan fingerprint density at radius 3 is 0.857 bits per heavy atom. The zero-order chi connectivity index (χ0) is 4.50. The lowest BCUT2D eigenvalue weighted by atomic mass is 11.5. The van der Waals surface area contributed by atoms with Gasteiger partial charge in [-0.05, 0) is 0 Å². The lowest BCUT2D eigenvalue weighted by molar-refractivity contribution is -0.237. The summed E-state index contributed by atoms with van der Waals surface area (Å²) in [5.41, 5.74) is 0. The Morgan fingerprint density at radius 2 is 0.857 bits per heavy atom. The van der Waals surface area contributed by atoms with Crippen LogP contribution >= 0.6 is 0 Å². The molecule has 0 atom stereocenters. The first-order valence-corrected chi connectivity index (χ1v) is 0.756. The van der Waals surface area contributed by atoms with Crippen LogP contribution in [0.3, 0.4) is 0 Å². The van der Waals surface area contributed by atoms with Crippen LogP contribution in [0.5, 0.6) is 0 Å². The maximum Gasteiger partial charge on any atom is 0.559 e. The Labute approximate surface area is 38.3 Å². The van der Waals surface area contributed by atoms with E-state index < -0.39 is 6.43 Å². The predicted molar refractivity (Wildman–Crippen MR) is 17.5 cm³/mol. The molecule has 0 aliphatic rings. The minimum atomic E-state index is -5.50. The first kappa shape index (κ1) is 15.9. The largest absolute Gasteiger partial charge is 0.559 e. The van der Waals surface area contributed by atoms with Gasteiger partial charge in [-0.1, -0.05) is 7.43 Å². The standard InChI is InChI=1S/CF4.CH4.H2O/c2-1(3,4)5;;/h;1H4;1H2. The SMILES string of the molecule is C.FC(F)(F)F.O. The van der Waals surface area contributed by atoms with Gasteiger partial charge in [0, 0.05) is 0 Å². The highest BCUT2D eigenvalue weighted by molar-refractivity contribution is 4.08. The quantitative estimate of drug-likeness (QED) is 0.433. The van der Waals surface area contributed by atoms with Gasteiger partial charge in [0.15, 0.2) is 0 Å². The second kappa shape index (κ2) is 3.86. The van der Waals surface area contributed by atoms with Crippen molar-refractivity contribution in [1.29, 1.82) is 0 Å². The average molecular weight is 122 g/mol. The molecular formula is C2H6F4O. The van der Waals surface area contributed by atoms with E-state index in [2.05, 4.69) is 0 Å². The van der Waals surface area contributed by atoms with Crippen LogP contribution in [0.25, 0.3) is 0 Å². The number of rotatable bonds is 0. The zero-order valence-electron chi connectivity index (χ0n) is 2.51. The normalized spacial score (nSPS) is 8.57. The highest BCUT2D eigenvalue weighted by Gasteiger charge is 2.24. The fraction of sp³-hybridized carbons (Fsp3) is 1.00. The predicted octanol–water partition coefficient (Wildman–Crippen LogP) is 1.29. The highest BCUT2D eigenvalue weighted by atomic mass is 19.5. The Kier molecular flexibility index (Phi) is 8.77. The molecule has 0 aromatic heterocycles. The third-order valence-corrected chi connectivity index (χ3v) is 0. The van der Waals surface area contributed by atoms with E-state index in [1.54, 1.807) is 0 Å². The van der Waals surface area contributed by atoms with Gasteiger partial charge >= 0.3 is 6.43 Å². The summed E-state index contributed by atoms with van der Waals surface area (Å²) in [6.45, 7) is 0. The smallest absolute Gasteiger partial charge is 0.412 e. The molecule has 0 rings (SSSR count). The fourth-order valence-electron chi connectivity index (χ4n) is 0. The molecule has 0 bridgehead atoms. The Hall–Kier alpha value is -0.320. The van der Waals surface area contributed by atoms with E-state index in [0.717, 1.165) is 0 Å². The van der Waals surface area contributed by atoms with Crippen molar-refractivity contribution in [1.82, 2.24) is 0 Å². The van der Waals surface area contributed by atoms with Gasteiger partial charge in [-0.3, -0.25) is 0 Å². The van der Waals surface area contributed by atoms with Crippen LogP contribution in [0.1, 0.15) is 7.43 Å². The van der Waals surface area contributed by atoms with Crippen LogP contribution in [0.15, 0.2) is 0 Å². The third kappa shape index (κ3) is 751. The summed E-state index contributed by atoms with van der Waals surface area (Å²) in [4.78, 5) is 0. The molecule has 0 fully saturated rings. The number of alkyl halides is 4. The molecule has 0 heterocycles. The van der Waals surface area contributed by atoms with Gasteiger partial charge < -0.3 is 5.48 Å². The maximum atomic E-state index is 9.69. The number of halogens is 4. The summed E-state index contributed by atoms with van der Waals surface area (Å²) in [7, 11) is 0. The summed E-state index contributed by atoms with van der Waals surface area (Å²) in [6, 6.07) is 0. The Balaban J connectivity index is -0.0000000800. The molecular weight excluding hydrogens is 116 g/mol. The minimum Gasteiger partial charge on any atom is -0.412 e. The van der Waals surface area contributed by atoms with E-state index in [1.165, 1.54) is 0 Å². The molecule has 0 aliphatic heterocycles. The first-order chi connectivity index (χ1) is 2.00. The van der Waals surface area contributed by atoms with Crippen molar-refractivity contribution in [2.24, 2.45) is 0 Å². The van der Waals surface area contributed by atoms with Crippen molar-refractivity contribution < 1.29 is 23.0 Å². The molecule has 0 saturated heterocycles. The second-order valence-electron chi connectivity index (χ2n) is 0.429. The number of hydrogen-bond acceptors (Lipinski definition) is 0. The van der Waals surface area contributed by atoms with Gasteiger partial charge in [-0.25, -0.2) is 0 Å². The van der Waals surface area contributed by atoms with Gasteiger partial charge in [0.1, 0.15) is 0 Å². The molecule has 0 aliphatic carbocycles. The maximum absolute atomic E-state index is 9.69. The van der Waals surface area contributed by atoms with E-state index in [9.17, 15) is 17.6 Å². The summed E-state index contributed by atoms with van der Waals surface area (Å²) in [5.74, 6) is 0. The molecule has 0 aromatic carbocycles. The van der Waals surface area contributed by atoms with Gasteiger partial charge in [0.25, 0.3) is 0 Å². The van der Waals surface area contributed by atoms with Gasteiger partial charge in [0.2, 0.25) is 0 Å². The molecule has 48 valence electrons. The molecule has 0 aromatic rings. The van der Waals surface area contributed by atoms with E-state index in [-0.39, 0.29) is 12.9 Å². The molecule has 0 amide bonds. The molecule has 0 saturated carbocycles. The van der Waals surface area contributed by atoms with Crippen LogP contribution in [-0.2, 0) is 0 Å². The van der Waals surface area contributed by atoms with Crippen LogP contribution < -0.4 is 0 Å². The van der Waals surface area contributed by atoms with Crippen molar-refractivity contribution in [3.8, 4) is 0 Å². The zero-order valence-corrected chi connectivity index (χ0v) is 2.51. The van der Waals surface area contributed by atoms with Crippen molar-refractivity contribution in [2.75, 3.05) is 0 Å². The van der Waals surface area contributed by atoms with Crippen LogP contribution in [0.2, 0.25) is 0 Å². The number of hydrogen-bond donors (Lipinski definition) is 0.